The van der Waals surface area contributed by atoms with Gasteiger partial charge in [-0.1, -0.05) is 34.1 Å². The summed E-state index contributed by atoms with van der Waals surface area (Å²) >= 11 is 0. The maximum absolute atomic E-state index is 9.31. The van der Waals surface area contributed by atoms with Gasteiger partial charge < -0.3 is 15.2 Å². The van der Waals surface area contributed by atoms with Crippen LogP contribution in [-0.2, 0) is 4.74 Å². The maximum atomic E-state index is 9.31. The molecule has 4 nitrogen and oxygen atoms in total. The summed E-state index contributed by atoms with van der Waals surface area (Å²) in [5.74, 6) is 0. The Morgan fingerprint density at radius 3 is 2.70 bits per heavy atom. The van der Waals surface area contributed by atoms with Crippen molar-refractivity contribution < 1.29 is 9.84 Å². The predicted octanol–water partition coefficient (Wildman–Crippen LogP) is 1.87. The van der Waals surface area contributed by atoms with Crippen molar-refractivity contribution in [3.05, 3.63) is 0 Å². The van der Waals surface area contributed by atoms with E-state index >= 15 is 0 Å². The number of nitrogens with one attached hydrogen (secondary N) is 1. The Hall–Kier alpha value is -0.160. The van der Waals surface area contributed by atoms with Crippen LogP contribution in [0.2, 0.25) is 0 Å². The number of hydrogen-bond acceptors (Lipinski definition) is 4. The Morgan fingerprint density at radius 1 is 1.45 bits per heavy atom. The van der Waals surface area contributed by atoms with Crippen LogP contribution in [0, 0.1) is 5.41 Å². The third-order valence-corrected chi connectivity index (χ3v) is 4.21. The summed E-state index contributed by atoms with van der Waals surface area (Å²) in [5.41, 5.74) is 0.282. The fourth-order valence-electron chi connectivity index (χ4n) is 2.97. The zero-order valence-electron chi connectivity index (χ0n) is 14.0. The molecule has 0 radical (unpaired) electrons. The first-order valence-corrected chi connectivity index (χ1v) is 8.10. The van der Waals surface area contributed by atoms with Crippen molar-refractivity contribution in [3.8, 4) is 0 Å². The summed E-state index contributed by atoms with van der Waals surface area (Å²) in [6.45, 7) is 15.1. The van der Waals surface area contributed by atoms with E-state index in [1.165, 1.54) is 12.8 Å². The van der Waals surface area contributed by atoms with Crippen LogP contribution in [0.25, 0.3) is 0 Å². The molecular formula is C16H34N2O2. The lowest BCUT2D eigenvalue weighted by Gasteiger charge is -2.43. The maximum Gasteiger partial charge on any atom is 0.0933 e. The summed E-state index contributed by atoms with van der Waals surface area (Å²) in [4.78, 5) is 2.49. The van der Waals surface area contributed by atoms with Crippen LogP contribution in [-0.4, -0.2) is 61.0 Å². The lowest BCUT2D eigenvalue weighted by atomic mass is 9.84. The van der Waals surface area contributed by atoms with Crippen LogP contribution in [0.4, 0.5) is 0 Å². The van der Waals surface area contributed by atoms with E-state index in [2.05, 4.69) is 44.8 Å². The summed E-state index contributed by atoms with van der Waals surface area (Å²) in [5, 5.41) is 12.9. The second-order valence-corrected chi connectivity index (χ2v) is 7.01. The number of hydrogen-bond donors (Lipinski definition) is 2. The quantitative estimate of drug-likeness (QED) is 0.715. The minimum absolute atomic E-state index is 0.0184. The molecule has 120 valence electrons. The first kappa shape index (κ1) is 17.9. The average Bonchev–Trinajstić information content (AvgIpc) is 2.39. The lowest BCUT2D eigenvalue weighted by molar-refractivity contribution is -0.0875. The van der Waals surface area contributed by atoms with Crippen molar-refractivity contribution >= 4 is 0 Å². The summed E-state index contributed by atoms with van der Waals surface area (Å²) in [6, 6.07) is 0.964. The number of morpholine rings is 1. The van der Waals surface area contributed by atoms with E-state index in [0.29, 0.717) is 12.1 Å². The molecule has 0 aromatic carbocycles. The van der Waals surface area contributed by atoms with Crippen molar-refractivity contribution in [3.63, 3.8) is 0 Å². The Bertz CT molecular complexity index is 273. The molecule has 1 aliphatic heterocycles. The van der Waals surface area contributed by atoms with Gasteiger partial charge in [0.05, 0.1) is 19.3 Å². The Labute approximate surface area is 124 Å². The number of ether oxygens (including phenoxy) is 1. The summed E-state index contributed by atoms with van der Waals surface area (Å²) < 4.78 is 5.63. The van der Waals surface area contributed by atoms with Crippen molar-refractivity contribution in [2.75, 3.05) is 32.8 Å². The molecule has 0 bridgehead atoms. The van der Waals surface area contributed by atoms with Crippen LogP contribution in [0.15, 0.2) is 0 Å². The Kier molecular flexibility index (Phi) is 7.45. The molecule has 1 saturated heterocycles. The number of nitrogens with zero attached hydrogens (tertiary/aromatic N) is 1. The third kappa shape index (κ3) is 5.68. The van der Waals surface area contributed by atoms with Crippen molar-refractivity contribution in [1.82, 2.24) is 10.2 Å². The number of aliphatic hydroxyl groups is 1. The van der Waals surface area contributed by atoms with Gasteiger partial charge in [0.1, 0.15) is 0 Å². The average molecular weight is 286 g/mol. The Balaban J connectivity index is 2.62. The molecule has 1 heterocycles. The molecule has 1 fully saturated rings. The molecule has 0 amide bonds. The second kappa shape index (κ2) is 8.32. The zero-order valence-corrected chi connectivity index (χ0v) is 14.0. The van der Waals surface area contributed by atoms with E-state index < -0.39 is 0 Å². The molecule has 3 unspecified atom stereocenters. The Morgan fingerprint density at radius 2 is 2.15 bits per heavy atom. The molecule has 0 aliphatic carbocycles. The van der Waals surface area contributed by atoms with Gasteiger partial charge in [0.15, 0.2) is 0 Å². The molecule has 1 aliphatic rings. The van der Waals surface area contributed by atoms with Gasteiger partial charge in [0.25, 0.3) is 0 Å². The highest BCUT2D eigenvalue weighted by Crippen LogP contribution is 2.26. The number of aliphatic hydroxyl groups excluding tert-OH is 1. The molecule has 0 aromatic heterocycles. The molecule has 0 spiro atoms. The van der Waals surface area contributed by atoms with Gasteiger partial charge in [-0.3, -0.25) is 4.90 Å². The van der Waals surface area contributed by atoms with E-state index in [1.54, 1.807) is 0 Å². The van der Waals surface area contributed by atoms with E-state index in [-0.39, 0.29) is 18.1 Å². The van der Waals surface area contributed by atoms with Gasteiger partial charge in [0, 0.05) is 31.7 Å². The van der Waals surface area contributed by atoms with Crippen LogP contribution in [0.5, 0.6) is 0 Å². The SMILES string of the molecule is CCCC(C)(CNC(C)C)CN1CC(CO)OCC1C. The van der Waals surface area contributed by atoms with E-state index in [1.807, 2.05) is 0 Å². The zero-order chi connectivity index (χ0) is 15.2. The van der Waals surface area contributed by atoms with Gasteiger partial charge in [-0.15, -0.1) is 0 Å². The highest BCUT2D eigenvalue weighted by Gasteiger charge is 2.32. The van der Waals surface area contributed by atoms with Crippen molar-refractivity contribution in [2.24, 2.45) is 5.41 Å². The van der Waals surface area contributed by atoms with E-state index in [0.717, 1.165) is 26.2 Å². The smallest absolute Gasteiger partial charge is 0.0933 e. The normalized spacial score (nSPS) is 27.8. The summed E-state index contributed by atoms with van der Waals surface area (Å²) in [7, 11) is 0. The minimum Gasteiger partial charge on any atom is -0.394 e. The van der Waals surface area contributed by atoms with Gasteiger partial charge in [-0.05, 0) is 18.8 Å². The second-order valence-electron chi connectivity index (χ2n) is 7.01. The fraction of sp³-hybridized carbons (Fsp3) is 1.00. The highest BCUT2D eigenvalue weighted by molar-refractivity contribution is 4.86. The van der Waals surface area contributed by atoms with E-state index in [9.17, 15) is 5.11 Å². The van der Waals surface area contributed by atoms with Gasteiger partial charge >= 0.3 is 0 Å². The topological polar surface area (TPSA) is 44.7 Å². The molecule has 0 aromatic rings. The van der Waals surface area contributed by atoms with Crippen LogP contribution < -0.4 is 5.32 Å². The standard InChI is InChI=1S/C16H34N2O2/c1-6-7-16(5,11-17-13(2)3)12-18-8-15(9-19)20-10-14(18)4/h13-15,17,19H,6-12H2,1-5H3. The molecule has 2 N–H and O–H groups in total. The molecule has 0 saturated carbocycles. The van der Waals surface area contributed by atoms with Crippen molar-refractivity contribution in [2.45, 2.75) is 65.6 Å². The van der Waals surface area contributed by atoms with Gasteiger partial charge in [-0.25, -0.2) is 0 Å². The van der Waals surface area contributed by atoms with Crippen LogP contribution >= 0.6 is 0 Å². The molecular weight excluding hydrogens is 252 g/mol. The summed E-state index contributed by atoms with van der Waals surface area (Å²) in [6.07, 6.45) is 2.41. The molecule has 1 rings (SSSR count). The molecule has 3 atom stereocenters. The van der Waals surface area contributed by atoms with Gasteiger partial charge in [0.2, 0.25) is 0 Å². The minimum atomic E-state index is -0.0184. The van der Waals surface area contributed by atoms with Crippen LogP contribution in [0.1, 0.15) is 47.5 Å². The number of rotatable bonds is 8. The predicted molar refractivity (Wildman–Crippen MR) is 84.0 cm³/mol. The molecule has 20 heavy (non-hydrogen) atoms. The fourth-order valence-corrected chi connectivity index (χ4v) is 2.97. The molecule has 4 heteroatoms. The highest BCUT2D eigenvalue weighted by atomic mass is 16.5. The van der Waals surface area contributed by atoms with E-state index in [4.69, 9.17) is 4.74 Å². The van der Waals surface area contributed by atoms with Crippen LogP contribution in [0.3, 0.4) is 0 Å². The monoisotopic (exact) mass is 286 g/mol. The van der Waals surface area contributed by atoms with Crippen molar-refractivity contribution in [1.29, 1.82) is 0 Å². The first-order valence-electron chi connectivity index (χ1n) is 8.10. The first-order chi connectivity index (χ1) is 9.40. The third-order valence-electron chi connectivity index (χ3n) is 4.21. The largest absolute Gasteiger partial charge is 0.394 e. The lowest BCUT2D eigenvalue weighted by Crippen LogP contribution is -2.54. The van der Waals surface area contributed by atoms with Gasteiger partial charge in [-0.2, -0.15) is 0 Å².